The van der Waals surface area contributed by atoms with Crippen LogP contribution in [0.15, 0.2) is 47.7 Å². The van der Waals surface area contributed by atoms with E-state index in [1.807, 2.05) is 17.0 Å². The Labute approximate surface area is 308 Å². The average molecular weight is 726 g/mol. The summed E-state index contributed by atoms with van der Waals surface area (Å²) in [5.74, 6) is 0.0168. The van der Waals surface area contributed by atoms with Crippen molar-refractivity contribution in [3.05, 3.63) is 48.1 Å². The maximum atomic E-state index is 14.3. The van der Waals surface area contributed by atoms with Gasteiger partial charge in [0.25, 0.3) is 0 Å². The standard InChI is InChI=1S/C40H59N3O9/c1-3-21-51-40-36(43(17-22-49-24-20-46)39(47)28-10-11-28)27-34(41-48-2)32-25-29(8-4-6-18-44)31(9-5-7-19-45)37(38(32)40)33-26-30(12-13-35(33)52-40)50-23-16-42-14-15-42/h3,12-13,25-26,28-29,31,36-38,44-46H,1,4-11,14-24,27H2,2H3. The van der Waals surface area contributed by atoms with Crippen LogP contribution in [0.1, 0.15) is 69.3 Å². The van der Waals surface area contributed by atoms with Gasteiger partial charge < -0.3 is 44.0 Å². The molecule has 0 spiro atoms. The number of carbonyl (C=O) groups excluding carboxylic acids is 1. The Balaban J connectivity index is 1.51. The number of ether oxygens (including phenoxy) is 4. The van der Waals surface area contributed by atoms with Crippen molar-refractivity contribution in [1.82, 2.24) is 9.80 Å². The molecule has 0 radical (unpaired) electrons. The minimum Gasteiger partial charge on any atom is -0.492 e. The molecule has 3 N–H and O–H groups in total. The molecule has 3 fully saturated rings. The van der Waals surface area contributed by atoms with Gasteiger partial charge in [0.1, 0.15) is 31.3 Å². The molecule has 12 nitrogen and oxygen atoms in total. The molecule has 2 heterocycles. The van der Waals surface area contributed by atoms with Crippen LogP contribution >= 0.6 is 0 Å². The molecule has 6 rings (SSSR count). The summed E-state index contributed by atoms with van der Waals surface area (Å²) in [7, 11) is 1.56. The van der Waals surface area contributed by atoms with Crippen LogP contribution in [-0.2, 0) is 19.1 Å². The van der Waals surface area contributed by atoms with Gasteiger partial charge in [0.05, 0.1) is 38.1 Å². The van der Waals surface area contributed by atoms with Crippen LogP contribution in [0.2, 0.25) is 0 Å². The van der Waals surface area contributed by atoms with Crippen LogP contribution in [-0.4, -0.2) is 128 Å². The van der Waals surface area contributed by atoms with Gasteiger partial charge in [-0.3, -0.25) is 9.69 Å². The molecule has 2 saturated carbocycles. The van der Waals surface area contributed by atoms with Crippen molar-refractivity contribution < 1.29 is 43.9 Å². The van der Waals surface area contributed by atoms with Crippen LogP contribution in [0, 0.1) is 23.7 Å². The quantitative estimate of drug-likeness (QED) is 0.0659. The molecule has 1 amide bonds. The Morgan fingerprint density at radius 2 is 1.87 bits per heavy atom. The number of aliphatic hydroxyl groups is 3. The number of hydrogen-bond acceptors (Lipinski definition) is 11. The van der Waals surface area contributed by atoms with Crippen LogP contribution in [0.4, 0.5) is 0 Å². The second-order valence-corrected chi connectivity index (χ2v) is 14.8. The van der Waals surface area contributed by atoms with Gasteiger partial charge in [0, 0.05) is 63.2 Å². The van der Waals surface area contributed by atoms with Crippen molar-refractivity contribution >= 4 is 11.6 Å². The van der Waals surface area contributed by atoms with E-state index in [0.29, 0.717) is 31.7 Å². The molecule has 5 aliphatic rings. The lowest BCUT2D eigenvalue weighted by Crippen LogP contribution is -2.70. The lowest BCUT2D eigenvalue weighted by Gasteiger charge is -2.60. The molecule has 1 saturated heterocycles. The highest BCUT2D eigenvalue weighted by Crippen LogP contribution is 2.62. The fourth-order valence-electron chi connectivity index (χ4n) is 8.75. The largest absolute Gasteiger partial charge is 0.492 e. The normalized spacial score (nSPS) is 28.3. The third kappa shape index (κ3) is 8.69. The lowest BCUT2D eigenvalue weighted by molar-refractivity contribution is -0.258. The SMILES string of the molecule is C=CCOC12Oc3ccc(OCCN4CC4)cc3C3C(CCCCO)C(CCCCO)C=C(C(=NOC)CC1N(CCOCCO)C(=O)C1CC1)C32. The number of allylic oxidation sites excluding steroid dienone is 1. The predicted molar refractivity (Wildman–Crippen MR) is 196 cm³/mol. The highest BCUT2D eigenvalue weighted by molar-refractivity contribution is 6.03. The summed E-state index contributed by atoms with van der Waals surface area (Å²) in [5.41, 5.74) is 2.82. The number of unbranched alkanes of at least 4 members (excludes halogenated alkanes) is 2. The highest BCUT2D eigenvalue weighted by atomic mass is 16.7. The van der Waals surface area contributed by atoms with Gasteiger partial charge >= 0.3 is 0 Å². The van der Waals surface area contributed by atoms with Crippen LogP contribution in [0.5, 0.6) is 11.5 Å². The molecule has 2 aliphatic heterocycles. The van der Waals surface area contributed by atoms with E-state index < -0.39 is 11.8 Å². The van der Waals surface area contributed by atoms with Gasteiger partial charge in [0.2, 0.25) is 11.7 Å². The number of carbonyl (C=O) groups is 1. The van der Waals surface area contributed by atoms with E-state index in [9.17, 15) is 20.1 Å². The third-order valence-corrected chi connectivity index (χ3v) is 11.4. The van der Waals surface area contributed by atoms with E-state index in [2.05, 4.69) is 28.8 Å². The van der Waals surface area contributed by atoms with Crippen molar-refractivity contribution in [2.75, 3.05) is 79.5 Å². The van der Waals surface area contributed by atoms with E-state index in [0.717, 1.165) is 87.2 Å². The smallest absolute Gasteiger partial charge is 0.239 e. The van der Waals surface area contributed by atoms with Crippen LogP contribution in [0.3, 0.4) is 0 Å². The molecule has 6 atom stereocenters. The summed E-state index contributed by atoms with van der Waals surface area (Å²) in [6, 6.07) is 5.53. The molecule has 0 aromatic heterocycles. The maximum absolute atomic E-state index is 14.3. The van der Waals surface area contributed by atoms with E-state index in [1.54, 1.807) is 13.2 Å². The van der Waals surface area contributed by atoms with Crippen LogP contribution < -0.4 is 9.47 Å². The second kappa shape index (κ2) is 18.4. The number of oxime groups is 1. The summed E-state index contributed by atoms with van der Waals surface area (Å²) < 4.78 is 26.3. The number of fused-ring (bicyclic) bond motifs is 2. The number of rotatable bonds is 23. The molecule has 12 heteroatoms. The molecule has 1 aromatic carbocycles. The summed E-state index contributed by atoms with van der Waals surface area (Å²) in [4.78, 5) is 24.0. The Morgan fingerprint density at radius 1 is 1.08 bits per heavy atom. The zero-order valence-corrected chi connectivity index (χ0v) is 30.8. The van der Waals surface area contributed by atoms with Gasteiger partial charge in [-0.25, -0.2) is 0 Å². The topological polar surface area (TPSA) is 143 Å². The molecular weight excluding hydrogens is 666 g/mol. The average Bonchev–Trinajstić information content (AvgIpc) is 4.09. The first-order valence-electron chi connectivity index (χ1n) is 19.4. The first-order valence-corrected chi connectivity index (χ1v) is 19.4. The predicted octanol–water partition coefficient (Wildman–Crippen LogP) is 3.89. The molecule has 52 heavy (non-hydrogen) atoms. The summed E-state index contributed by atoms with van der Waals surface area (Å²) in [5, 5.41) is 33.7. The summed E-state index contributed by atoms with van der Waals surface area (Å²) in [6.07, 6.45) is 11.0. The minimum absolute atomic E-state index is 0.0432. The molecule has 6 unspecified atom stereocenters. The maximum Gasteiger partial charge on any atom is 0.239 e. The van der Waals surface area contributed by atoms with E-state index >= 15 is 0 Å². The summed E-state index contributed by atoms with van der Waals surface area (Å²) >= 11 is 0. The van der Waals surface area contributed by atoms with E-state index in [4.69, 9.17) is 23.8 Å². The lowest BCUT2D eigenvalue weighted by atomic mass is 9.55. The Hall–Kier alpha value is -3.00. The second-order valence-electron chi connectivity index (χ2n) is 14.8. The number of amides is 1. The number of benzene rings is 1. The third-order valence-electron chi connectivity index (χ3n) is 11.4. The van der Waals surface area contributed by atoms with Gasteiger partial charge in [-0.15, -0.1) is 6.58 Å². The summed E-state index contributed by atoms with van der Waals surface area (Å²) in [6.45, 7) is 8.82. The van der Waals surface area contributed by atoms with Crippen molar-refractivity contribution in [3.8, 4) is 11.5 Å². The van der Waals surface area contributed by atoms with Crippen molar-refractivity contribution in [2.24, 2.45) is 28.8 Å². The minimum atomic E-state index is -1.29. The van der Waals surface area contributed by atoms with Crippen molar-refractivity contribution in [2.45, 2.75) is 75.5 Å². The zero-order valence-electron chi connectivity index (χ0n) is 30.8. The Kier molecular flexibility index (Phi) is 13.7. The van der Waals surface area contributed by atoms with E-state index in [-0.39, 0.29) is 75.1 Å². The Bertz CT molecular complexity index is 1410. The monoisotopic (exact) mass is 725 g/mol. The fraction of sp³-hybridized carbons (Fsp3) is 0.700. The first kappa shape index (κ1) is 38.7. The highest BCUT2D eigenvalue weighted by Gasteiger charge is 2.65. The van der Waals surface area contributed by atoms with Crippen molar-refractivity contribution in [1.29, 1.82) is 0 Å². The van der Waals surface area contributed by atoms with Crippen LogP contribution in [0.25, 0.3) is 0 Å². The molecule has 0 bridgehead atoms. The number of aliphatic hydroxyl groups excluding tert-OH is 3. The zero-order chi connectivity index (χ0) is 36.5. The number of nitrogens with zero attached hydrogens (tertiary/aromatic N) is 3. The fourth-order valence-corrected chi connectivity index (χ4v) is 8.75. The molecule has 3 aliphatic carbocycles. The van der Waals surface area contributed by atoms with Gasteiger partial charge in [0.15, 0.2) is 0 Å². The molecule has 288 valence electrons. The first-order chi connectivity index (χ1) is 25.5. The van der Waals surface area contributed by atoms with Gasteiger partial charge in [-0.1, -0.05) is 30.1 Å². The van der Waals surface area contributed by atoms with Gasteiger partial charge in [-0.2, -0.15) is 0 Å². The Morgan fingerprint density at radius 3 is 2.56 bits per heavy atom. The molecular formula is C40H59N3O9. The van der Waals surface area contributed by atoms with Gasteiger partial charge in [-0.05, 0) is 74.1 Å². The van der Waals surface area contributed by atoms with Crippen molar-refractivity contribution in [3.63, 3.8) is 0 Å². The molecule has 1 aromatic rings. The van der Waals surface area contributed by atoms with E-state index in [1.165, 1.54) is 0 Å². The number of hydrogen-bond donors (Lipinski definition) is 3.